The van der Waals surface area contributed by atoms with E-state index in [9.17, 15) is 23.8 Å². The Morgan fingerprint density at radius 3 is 1.83 bits per heavy atom. The van der Waals surface area contributed by atoms with E-state index in [4.69, 9.17) is 0 Å². The Morgan fingerprint density at radius 1 is 1.00 bits per heavy atom. The fourth-order valence-electron chi connectivity index (χ4n) is 2.46. The molecule has 0 spiro atoms. The highest BCUT2D eigenvalue weighted by Crippen LogP contribution is 2.27. The van der Waals surface area contributed by atoms with Crippen LogP contribution in [0.5, 0.6) is 5.75 Å². The van der Waals surface area contributed by atoms with E-state index in [0.717, 1.165) is 15.4 Å². The molecule has 0 saturated heterocycles. The largest absolute Gasteiger partial charge is 0.508 e. The Balaban J connectivity index is 2.37. The molecule has 0 amide bonds. The molecule has 0 saturated carbocycles. The van der Waals surface area contributed by atoms with Crippen LogP contribution in [0.25, 0.3) is 11.1 Å². The third-order valence-electron chi connectivity index (χ3n) is 3.63. The minimum absolute atomic E-state index is 0.165. The van der Waals surface area contributed by atoms with Crippen molar-refractivity contribution in [3.8, 4) is 16.9 Å². The Bertz CT molecular complexity index is 728. The van der Waals surface area contributed by atoms with Crippen LogP contribution < -0.4 is 4.31 Å². The third-order valence-corrected chi connectivity index (χ3v) is 4.40. The number of anilines is 1. The van der Waals surface area contributed by atoms with Crippen LogP contribution in [0.1, 0.15) is 13.8 Å². The summed E-state index contributed by atoms with van der Waals surface area (Å²) < 4.78 is 22.2. The fourth-order valence-corrected chi connectivity index (χ4v) is 3.29. The van der Waals surface area contributed by atoms with Gasteiger partial charge in [-0.1, -0.05) is 38.1 Å². The summed E-state index contributed by atoms with van der Waals surface area (Å²) in [7, 11) is 0. The molecule has 2 aromatic rings. The first-order valence-corrected chi connectivity index (χ1v) is 8.40. The summed E-state index contributed by atoms with van der Waals surface area (Å²) in [4.78, 5) is 11.5. The van der Waals surface area contributed by atoms with Crippen LogP contribution in [0.4, 0.5) is 5.69 Å². The second-order valence-electron chi connectivity index (χ2n) is 5.68. The molecule has 2 atom stereocenters. The number of carboxylic acid groups (broad SMARTS) is 1. The van der Waals surface area contributed by atoms with Crippen molar-refractivity contribution in [1.82, 2.24) is 0 Å². The van der Waals surface area contributed by atoms with E-state index >= 15 is 0 Å². The van der Waals surface area contributed by atoms with Gasteiger partial charge in [-0.3, -0.25) is 8.86 Å². The van der Waals surface area contributed by atoms with Gasteiger partial charge in [-0.25, -0.2) is 9.00 Å². The van der Waals surface area contributed by atoms with Crippen LogP contribution in [0.3, 0.4) is 0 Å². The van der Waals surface area contributed by atoms with Gasteiger partial charge in [0.05, 0.1) is 5.69 Å². The van der Waals surface area contributed by atoms with E-state index in [1.54, 1.807) is 62.4 Å². The van der Waals surface area contributed by atoms with Crippen LogP contribution in [0.2, 0.25) is 0 Å². The van der Waals surface area contributed by atoms with Crippen molar-refractivity contribution in [2.45, 2.75) is 19.9 Å². The van der Waals surface area contributed by atoms with Crippen LogP contribution >= 0.6 is 0 Å². The lowest BCUT2D eigenvalue weighted by molar-refractivity contribution is -0.139. The van der Waals surface area contributed by atoms with Crippen LogP contribution in [-0.4, -0.2) is 31.0 Å². The Labute approximate surface area is 142 Å². The molecule has 0 fully saturated rings. The Kier molecular flexibility index (Phi) is 5.58. The van der Waals surface area contributed by atoms with Gasteiger partial charge < -0.3 is 10.2 Å². The molecule has 24 heavy (non-hydrogen) atoms. The Morgan fingerprint density at radius 2 is 1.46 bits per heavy atom. The molecule has 0 aliphatic carbocycles. The molecule has 0 radical (unpaired) electrons. The molecule has 2 rings (SSSR count). The fraction of sp³-hybridized carbons (Fsp3) is 0.235. The predicted molar refractivity (Wildman–Crippen MR) is 93.1 cm³/mol. The maximum Gasteiger partial charge on any atom is 0.327 e. The molecule has 0 aliphatic heterocycles. The van der Waals surface area contributed by atoms with Gasteiger partial charge in [-0.15, -0.1) is 0 Å². The van der Waals surface area contributed by atoms with Gasteiger partial charge in [0.2, 0.25) is 0 Å². The summed E-state index contributed by atoms with van der Waals surface area (Å²) in [6.45, 7) is 3.37. The average Bonchev–Trinajstić information content (AvgIpc) is 2.52. The molecule has 6 nitrogen and oxygen atoms in total. The molecule has 0 heterocycles. The number of aliphatic carboxylic acids is 1. The lowest BCUT2D eigenvalue weighted by Gasteiger charge is -2.29. The van der Waals surface area contributed by atoms with E-state index in [2.05, 4.69) is 0 Å². The number of hydrogen-bond acceptors (Lipinski definition) is 3. The second kappa shape index (κ2) is 7.46. The monoisotopic (exact) mass is 349 g/mol. The minimum Gasteiger partial charge on any atom is -0.508 e. The molecular weight excluding hydrogens is 330 g/mol. The summed E-state index contributed by atoms with van der Waals surface area (Å²) in [5, 5.41) is 18.7. The van der Waals surface area contributed by atoms with Crippen molar-refractivity contribution in [2.75, 3.05) is 4.31 Å². The number of aromatic hydroxyl groups is 1. The highest BCUT2D eigenvalue weighted by atomic mass is 32.2. The van der Waals surface area contributed by atoms with Crippen molar-refractivity contribution in [1.29, 1.82) is 0 Å². The van der Waals surface area contributed by atoms with Gasteiger partial charge in [0.15, 0.2) is 0 Å². The van der Waals surface area contributed by atoms with Gasteiger partial charge in [-0.05, 0) is 41.3 Å². The van der Waals surface area contributed by atoms with Crippen LogP contribution in [0, 0.1) is 5.92 Å². The minimum atomic E-state index is -2.46. The van der Waals surface area contributed by atoms with E-state index in [1.165, 1.54) is 0 Å². The molecule has 3 N–H and O–H groups in total. The van der Waals surface area contributed by atoms with Gasteiger partial charge in [0, 0.05) is 0 Å². The van der Waals surface area contributed by atoms with Crippen LogP contribution in [-0.2, 0) is 16.1 Å². The molecule has 7 heteroatoms. The number of hydrogen-bond donors (Lipinski definition) is 3. The number of carbonyl (C=O) groups is 1. The van der Waals surface area contributed by atoms with Crippen molar-refractivity contribution in [2.24, 2.45) is 5.92 Å². The maximum atomic E-state index is 11.7. The van der Waals surface area contributed by atoms with Gasteiger partial charge in [0.25, 0.3) is 11.3 Å². The number of rotatable bonds is 6. The average molecular weight is 349 g/mol. The normalized spacial score (nSPS) is 13.5. The topological polar surface area (TPSA) is 98.1 Å². The summed E-state index contributed by atoms with van der Waals surface area (Å²) in [6.07, 6.45) is 0. The standard InChI is InChI=1S/C17H19NO5S/c1-11(2)16(17(20)21)18(24(22)23)14-7-3-12(4-8-14)13-5-9-15(19)10-6-13/h3-11,16,19H,1-2H3,(H,20,21)(H,22,23). The van der Waals surface area contributed by atoms with Crippen molar-refractivity contribution >= 4 is 22.9 Å². The maximum absolute atomic E-state index is 11.7. The first-order chi connectivity index (χ1) is 11.3. The first-order valence-electron chi connectivity index (χ1n) is 7.33. The van der Waals surface area contributed by atoms with Gasteiger partial charge in [0.1, 0.15) is 11.8 Å². The third kappa shape index (κ3) is 3.93. The van der Waals surface area contributed by atoms with Crippen molar-refractivity contribution in [3.05, 3.63) is 48.5 Å². The molecule has 0 bridgehead atoms. The lowest BCUT2D eigenvalue weighted by atomic mass is 10.0. The van der Waals surface area contributed by atoms with Crippen molar-refractivity contribution in [3.63, 3.8) is 0 Å². The van der Waals surface area contributed by atoms with Gasteiger partial charge in [-0.2, -0.15) is 0 Å². The molecule has 2 unspecified atom stereocenters. The molecule has 2 aromatic carbocycles. The second-order valence-corrected chi connectivity index (χ2v) is 6.53. The smallest absolute Gasteiger partial charge is 0.327 e. The zero-order valence-corrected chi connectivity index (χ0v) is 14.1. The predicted octanol–water partition coefficient (Wildman–Crippen LogP) is 3.11. The summed E-state index contributed by atoms with van der Waals surface area (Å²) in [6, 6.07) is 12.2. The van der Waals surface area contributed by atoms with E-state index in [0.29, 0.717) is 5.69 Å². The number of phenols is 1. The van der Waals surface area contributed by atoms with Crippen molar-refractivity contribution < 1.29 is 23.8 Å². The molecule has 0 aromatic heterocycles. The van der Waals surface area contributed by atoms with Crippen LogP contribution in [0.15, 0.2) is 48.5 Å². The SMILES string of the molecule is CC(C)C(C(=O)O)N(c1ccc(-c2ccc(O)cc2)cc1)S(=O)O. The Hall–Kier alpha value is -2.38. The number of carboxylic acids is 1. The lowest BCUT2D eigenvalue weighted by Crippen LogP contribution is -2.45. The molecular formula is C17H19NO5S. The highest BCUT2D eigenvalue weighted by Gasteiger charge is 2.32. The summed E-state index contributed by atoms with van der Waals surface area (Å²) in [5.74, 6) is -1.34. The first kappa shape index (κ1) is 18.0. The quantitative estimate of drug-likeness (QED) is 0.696. The summed E-state index contributed by atoms with van der Waals surface area (Å²) in [5.41, 5.74) is 2.06. The van der Waals surface area contributed by atoms with E-state index in [-0.39, 0.29) is 11.7 Å². The number of nitrogens with zero attached hydrogens (tertiary/aromatic N) is 1. The number of phenolic OH excluding ortho intramolecular Hbond substituents is 1. The molecule has 0 aliphatic rings. The van der Waals surface area contributed by atoms with Gasteiger partial charge >= 0.3 is 5.97 Å². The zero-order valence-electron chi connectivity index (χ0n) is 13.3. The highest BCUT2D eigenvalue weighted by molar-refractivity contribution is 7.80. The zero-order chi connectivity index (χ0) is 17.9. The number of benzene rings is 2. The summed E-state index contributed by atoms with van der Waals surface area (Å²) >= 11 is -2.46. The molecule has 128 valence electrons. The van der Waals surface area contributed by atoms with E-state index < -0.39 is 23.3 Å². The van der Waals surface area contributed by atoms with E-state index in [1.807, 2.05) is 0 Å².